The number of hydrogen-bond donors (Lipinski definition) is 1. The zero-order valence-electron chi connectivity index (χ0n) is 13.9. The highest BCUT2D eigenvalue weighted by Gasteiger charge is 2.19. The molecule has 0 amide bonds. The Morgan fingerprint density at radius 2 is 1.81 bits per heavy atom. The quantitative estimate of drug-likeness (QED) is 0.316. The van der Waals surface area contributed by atoms with Gasteiger partial charge in [-0.15, -0.1) is 0 Å². The summed E-state index contributed by atoms with van der Waals surface area (Å²) < 4.78 is 18.3. The molecule has 1 heterocycles. The van der Waals surface area contributed by atoms with Gasteiger partial charge in [0.1, 0.15) is 11.6 Å². The minimum Gasteiger partial charge on any atom is -0.423 e. The number of rotatable bonds is 5. The largest absolute Gasteiger partial charge is 0.423 e. The van der Waals surface area contributed by atoms with Crippen LogP contribution in [0, 0.1) is 15.9 Å². The van der Waals surface area contributed by atoms with Gasteiger partial charge >= 0.3 is 5.97 Å². The van der Waals surface area contributed by atoms with Crippen molar-refractivity contribution in [1.29, 1.82) is 0 Å². The van der Waals surface area contributed by atoms with Gasteiger partial charge in [0.15, 0.2) is 0 Å². The molecule has 0 aliphatic rings. The Morgan fingerprint density at radius 3 is 2.38 bits per heavy atom. The van der Waals surface area contributed by atoms with E-state index in [1.165, 1.54) is 36.4 Å². The van der Waals surface area contributed by atoms with Gasteiger partial charge in [0.2, 0.25) is 0 Å². The number of aryl methyl sites for hydroxylation is 1. The van der Waals surface area contributed by atoms with E-state index in [2.05, 4.69) is 4.98 Å². The van der Waals surface area contributed by atoms with Crippen LogP contribution in [0.3, 0.4) is 0 Å². The minimum atomic E-state index is -0.596. The van der Waals surface area contributed by atoms with Crippen molar-refractivity contribution in [1.82, 2.24) is 4.98 Å². The molecule has 7 heteroatoms. The van der Waals surface area contributed by atoms with Crippen LogP contribution in [-0.4, -0.2) is 15.9 Å². The Morgan fingerprint density at radius 1 is 1.15 bits per heavy atom. The number of halogens is 1. The third-order valence-electron chi connectivity index (χ3n) is 3.87. The molecule has 0 fully saturated rings. The second kappa shape index (κ2) is 7.18. The predicted molar refractivity (Wildman–Crippen MR) is 93.6 cm³/mol. The molecule has 0 atom stereocenters. The number of esters is 1. The number of aromatic amines is 1. The highest BCUT2D eigenvalue weighted by Crippen LogP contribution is 2.27. The normalized spacial score (nSPS) is 10.5. The monoisotopic (exact) mass is 354 g/mol. The highest BCUT2D eigenvalue weighted by molar-refractivity contribution is 5.98. The van der Waals surface area contributed by atoms with Gasteiger partial charge < -0.3 is 9.72 Å². The first-order valence-corrected chi connectivity index (χ1v) is 7.92. The van der Waals surface area contributed by atoms with E-state index in [9.17, 15) is 19.3 Å². The van der Waals surface area contributed by atoms with Gasteiger partial charge in [-0.05, 0) is 54.4 Å². The van der Waals surface area contributed by atoms with E-state index in [-0.39, 0.29) is 11.4 Å². The van der Waals surface area contributed by atoms with Gasteiger partial charge in [0, 0.05) is 17.8 Å². The Labute approximate surface area is 148 Å². The van der Waals surface area contributed by atoms with Gasteiger partial charge in [0.25, 0.3) is 5.69 Å². The van der Waals surface area contributed by atoms with Crippen molar-refractivity contribution in [2.24, 2.45) is 0 Å². The van der Waals surface area contributed by atoms with Crippen LogP contribution >= 0.6 is 0 Å². The average Bonchev–Trinajstić information content (AvgIpc) is 3.08. The summed E-state index contributed by atoms with van der Waals surface area (Å²) in [5.74, 6) is -0.794. The number of carbonyl (C=O) groups is 1. The fourth-order valence-corrected chi connectivity index (χ4v) is 2.50. The summed E-state index contributed by atoms with van der Waals surface area (Å²) in [4.78, 5) is 26.0. The van der Waals surface area contributed by atoms with E-state index >= 15 is 0 Å². The van der Waals surface area contributed by atoms with Crippen molar-refractivity contribution in [3.05, 3.63) is 81.8 Å². The SMILES string of the molecule is CCc1cc(C(=O)Oc2ccc(F)cc2)c(-c2ccc([N+](=O)[O-])cc2)[nH]1. The molecule has 0 aliphatic carbocycles. The number of nitrogens with zero attached hydrogens (tertiary/aromatic N) is 1. The van der Waals surface area contributed by atoms with Crippen molar-refractivity contribution >= 4 is 11.7 Å². The number of hydrogen-bond acceptors (Lipinski definition) is 4. The lowest BCUT2D eigenvalue weighted by molar-refractivity contribution is -0.384. The fraction of sp³-hybridized carbons (Fsp3) is 0.105. The van der Waals surface area contributed by atoms with E-state index in [4.69, 9.17) is 4.74 Å². The van der Waals surface area contributed by atoms with Crippen molar-refractivity contribution in [3.63, 3.8) is 0 Å². The molecule has 0 saturated heterocycles. The molecule has 0 unspecified atom stereocenters. The second-order valence-electron chi connectivity index (χ2n) is 5.58. The van der Waals surface area contributed by atoms with Crippen molar-refractivity contribution in [2.45, 2.75) is 13.3 Å². The molecular formula is C19H15FN2O4. The molecule has 1 aromatic heterocycles. The summed E-state index contributed by atoms with van der Waals surface area (Å²) in [6.45, 7) is 1.93. The molecule has 26 heavy (non-hydrogen) atoms. The van der Waals surface area contributed by atoms with E-state index in [0.717, 1.165) is 5.69 Å². The summed E-state index contributed by atoms with van der Waals surface area (Å²) in [5, 5.41) is 10.8. The first-order valence-electron chi connectivity index (χ1n) is 7.92. The van der Waals surface area contributed by atoms with Gasteiger partial charge in [-0.25, -0.2) is 9.18 Å². The van der Waals surface area contributed by atoms with Crippen molar-refractivity contribution in [2.75, 3.05) is 0 Å². The third kappa shape index (κ3) is 3.61. The predicted octanol–water partition coefficient (Wildman–Crippen LogP) is 4.51. The van der Waals surface area contributed by atoms with Crippen LogP contribution < -0.4 is 4.74 Å². The first kappa shape index (κ1) is 17.3. The minimum absolute atomic E-state index is 0.0357. The summed E-state index contributed by atoms with van der Waals surface area (Å²) in [5.41, 5.74) is 2.24. The lowest BCUT2D eigenvalue weighted by atomic mass is 10.1. The molecule has 1 N–H and O–H groups in total. The summed E-state index contributed by atoms with van der Waals surface area (Å²) in [6, 6.07) is 12.7. The molecule has 2 aromatic carbocycles. The highest BCUT2D eigenvalue weighted by atomic mass is 19.1. The average molecular weight is 354 g/mol. The van der Waals surface area contributed by atoms with Crippen LogP contribution in [0.25, 0.3) is 11.3 Å². The van der Waals surface area contributed by atoms with Crippen LogP contribution in [0.2, 0.25) is 0 Å². The number of non-ortho nitro benzene ring substituents is 1. The number of aromatic nitrogens is 1. The van der Waals surface area contributed by atoms with Crippen LogP contribution in [-0.2, 0) is 6.42 Å². The lowest BCUT2D eigenvalue weighted by Crippen LogP contribution is -2.09. The van der Waals surface area contributed by atoms with Gasteiger partial charge in [-0.2, -0.15) is 0 Å². The topological polar surface area (TPSA) is 85.2 Å². The molecule has 0 spiro atoms. The molecule has 0 radical (unpaired) electrons. The van der Waals surface area contributed by atoms with Crippen LogP contribution in [0.15, 0.2) is 54.6 Å². The zero-order valence-corrected chi connectivity index (χ0v) is 13.9. The molecule has 3 aromatic rings. The molecule has 0 bridgehead atoms. The lowest BCUT2D eigenvalue weighted by Gasteiger charge is -2.06. The smallest absolute Gasteiger partial charge is 0.345 e. The van der Waals surface area contributed by atoms with E-state index in [1.54, 1.807) is 18.2 Å². The summed E-state index contributed by atoms with van der Waals surface area (Å²) in [6.07, 6.45) is 0.670. The van der Waals surface area contributed by atoms with E-state index in [1.807, 2.05) is 6.92 Å². The second-order valence-corrected chi connectivity index (χ2v) is 5.58. The molecule has 6 nitrogen and oxygen atoms in total. The zero-order chi connectivity index (χ0) is 18.7. The molecule has 0 aliphatic heterocycles. The molecular weight excluding hydrogens is 339 g/mol. The van der Waals surface area contributed by atoms with Gasteiger partial charge in [-0.3, -0.25) is 10.1 Å². The third-order valence-corrected chi connectivity index (χ3v) is 3.87. The van der Waals surface area contributed by atoms with E-state index in [0.29, 0.717) is 23.2 Å². The molecule has 0 saturated carbocycles. The summed E-state index contributed by atoms with van der Waals surface area (Å²) in [7, 11) is 0. The number of nitro benzene ring substituents is 1. The number of benzene rings is 2. The standard InChI is InChI=1S/C19H15FN2O4/c1-2-14-11-17(19(23)26-16-9-5-13(20)6-10-16)18(21-14)12-3-7-15(8-4-12)22(24)25/h3-11,21H,2H2,1H3. The Balaban J connectivity index is 1.93. The van der Waals surface area contributed by atoms with Crippen molar-refractivity contribution in [3.8, 4) is 17.0 Å². The van der Waals surface area contributed by atoms with Gasteiger partial charge in [-0.1, -0.05) is 6.92 Å². The number of H-pyrrole nitrogens is 1. The maximum Gasteiger partial charge on any atom is 0.345 e. The van der Waals surface area contributed by atoms with Crippen LogP contribution in [0.1, 0.15) is 23.0 Å². The first-order chi connectivity index (χ1) is 12.5. The molecule has 3 rings (SSSR count). The Kier molecular flexibility index (Phi) is 4.79. The number of nitro groups is 1. The Bertz CT molecular complexity index is 947. The fourth-order valence-electron chi connectivity index (χ4n) is 2.50. The van der Waals surface area contributed by atoms with Gasteiger partial charge in [0.05, 0.1) is 16.2 Å². The summed E-state index contributed by atoms with van der Waals surface area (Å²) >= 11 is 0. The van der Waals surface area contributed by atoms with Crippen LogP contribution in [0.4, 0.5) is 10.1 Å². The maximum atomic E-state index is 13.0. The van der Waals surface area contributed by atoms with Crippen molar-refractivity contribution < 1.29 is 18.8 Å². The number of ether oxygens (including phenoxy) is 1. The maximum absolute atomic E-state index is 13.0. The van der Waals surface area contributed by atoms with Crippen LogP contribution in [0.5, 0.6) is 5.75 Å². The Hall–Kier alpha value is -3.48. The number of carbonyl (C=O) groups excluding carboxylic acids is 1. The molecule has 132 valence electrons. The van der Waals surface area contributed by atoms with E-state index < -0.39 is 16.7 Å². The number of nitrogens with one attached hydrogen (secondary N) is 1.